The second-order valence-corrected chi connectivity index (χ2v) is 5.58. The fourth-order valence-corrected chi connectivity index (χ4v) is 2.40. The van der Waals surface area contributed by atoms with Crippen LogP contribution in [0.15, 0.2) is 36.4 Å². The molecule has 2 aromatic carbocycles. The van der Waals surface area contributed by atoms with Crippen LogP contribution in [0.5, 0.6) is 11.5 Å². The number of nitrogens with zero attached hydrogens (tertiary/aromatic N) is 1. The second kappa shape index (κ2) is 7.40. The molecule has 0 aromatic heterocycles. The van der Waals surface area contributed by atoms with Crippen LogP contribution in [0.1, 0.15) is 17.3 Å². The van der Waals surface area contributed by atoms with Gasteiger partial charge in [-0.1, -0.05) is 11.6 Å². The van der Waals surface area contributed by atoms with Crippen LogP contribution in [-0.2, 0) is 9.53 Å². The Bertz CT molecular complexity index is 827. The van der Waals surface area contributed by atoms with E-state index in [1.165, 1.54) is 32.2 Å². The Kier molecular flexibility index (Phi) is 5.48. The van der Waals surface area contributed by atoms with Crippen molar-refractivity contribution in [3.05, 3.63) is 52.8 Å². The third-order valence-electron chi connectivity index (χ3n) is 3.55. The van der Waals surface area contributed by atoms with Crippen LogP contribution in [0.3, 0.4) is 0 Å². The first kappa shape index (κ1) is 18.5. The van der Waals surface area contributed by atoms with Crippen LogP contribution in [0, 0.1) is 5.82 Å². The van der Waals surface area contributed by atoms with Crippen molar-refractivity contribution >= 4 is 29.2 Å². The molecule has 0 saturated heterocycles. The Morgan fingerprint density at radius 2 is 1.84 bits per heavy atom. The van der Waals surface area contributed by atoms with E-state index in [9.17, 15) is 24.2 Å². The summed E-state index contributed by atoms with van der Waals surface area (Å²) in [6.45, 7) is 1.43. The lowest BCUT2D eigenvalue weighted by Crippen LogP contribution is -2.44. The largest absolute Gasteiger partial charge is 0.504 e. The third kappa shape index (κ3) is 3.83. The van der Waals surface area contributed by atoms with Crippen molar-refractivity contribution in [2.75, 3.05) is 12.0 Å². The number of phenolic OH excluding ortho intramolecular Hbond substituents is 2. The van der Waals surface area contributed by atoms with Gasteiger partial charge in [0.15, 0.2) is 11.5 Å². The Balaban J connectivity index is 2.53. The molecule has 132 valence electrons. The van der Waals surface area contributed by atoms with E-state index in [0.717, 1.165) is 23.1 Å². The molecule has 2 rings (SSSR count). The second-order valence-electron chi connectivity index (χ2n) is 5.18. The molecule has 0 spiro atoms. The first-order chi connectivity index (χ1) is 11.8. The van der Waals surface area contributed by atoms with Crippen molar-refractivity contribution in [1.82, 2.24) is 0 Å². The van der Waals surface area contributed by atoms with Gasteiger partial charge in [0.1, 0.15) is 11.9 Å². The van der Waals surface area contributed by atoms with Gasteiger partial charge in [-0.05, 0) is 43.3 Å². The highest BCUT2D eigenvalue weighted by molar-refractivity contribution is 6.31. The Hall–Kier alpha value is -2.80. The number of benzene rings is 2. The molecule has 0 saturated carbocycles. The summed E-state index contributed by atoms with van der Waals surface area (Å²) in [4.78, 5) is 25.8. The zero-order chi connectivity index (χ0) is 18.7. The first-order valence-electron chi connectivity index (χ1n) is 7.14. The number of carbonyl (C=O) groups is 2. The van der Waals surface area contributed by atoms with Crippen LogP contribution in [0.4, 0.5) is 10.1 Å². The van der Waals surface area contributed by atoms with E-state index < -0.39 is 35.2 Å². The van der Waals surface area contributed by atoms with Gasteiger partial charge in [-0.25, -0.2) is 9.18 Å². The molecule has 0 bridgehead atoms. The minimum atomic E-state index is -1.05. The number of esters is 1. The number of methoxy groups -OCH3 is 1. The molecular formula is C17H15ClFNO5. The number of amides is 1. The van der Waals surface area contributed by atoms with Crippen LogP contribution in [0.2, 0.25) is 5.02 Å². The normalized spacial score (nSPS) is 11.7. The molecule has 0 radical (unpaired) electrons. The monoisotopic (exact) mass is 367 g/mol. The van der Waals surface area contributed by atoms with Crippen molar-refractivity contribution in [2.24, 2.45) is 0 Å². The summed E-state index contributed by atoms with van der Waals surface area (Å²) >= 11 is 5.77. The first-order valence-corrected chi connectivity index (χ1v) is 7.52. The van der Waals surface area contributed by atoms with Gasteiger partial charge in [0.2, 0.25) is 0 Å². The number of rotatable bonds is 4. The molecule has 2 N–H and O–H groups in total. The molecule has 2 aromatic rings. The van der Waals surface area contributed by atoms with E-state index in [1.807, 2.05) is 0 Å². The average Bonchev–Trinajstić information content (AvgIpc) is 2.59. The Morgan fingerprint density at radius 3 is 2.40 bits per heavy atom. The highest BCUT2D eigenvalue weighted by atomic mass is 35.5. The molecule has 0 aliphatic heterocycles. The van der Waals surface area contributed by atoms with Crippen molar-refractivity contribution in [1.29, 1.82) is 0 Å². The number of carbonyl (C=O) groups excluding carboxylic acids is 2. The number of aromatic hydroxyl groups is 2. The van der Waals surface area contributed by atoms with E-state index >= 15 is 0 Å². The quantitative estimate of drug-likeness (QED) is 0.640. The minimum Gasteiger partial charge on any atom is -0.504 e. The summed E-state index contributed by atoms with van der Waals surface area (Å²) < 4.78 is 18.1. The van der Waals surface area contributed by atoms with E-state index in [2.05, 4.69) is 4.74 Å². The predicted octanol–water partition coefficient (Wildman–Crippen LogP) is 3.10. The summed E-state index contributed by atoms with van der Waals surface area (Å²) in [5.74, 6) is -2.93. The van der Waals surface area contributed by atoms with Gasteiger partial charge in [0.25, 0.3) is 5.91 Å². The molecule has 1 atom stereocenters. The molecule has 6 nitrogen and oxygen atoms in total. The molecule has 8 heteroatoms. The van der Waals surface area contributed by atoms with Gasteiger partial charge in [-0.15, -0.1) is 0 Å². The van der Waals surface area contributed by atoms with Gasteiger partial charge >= 0.3 is 5.97 Å². The number of hydrogen-bond acceptors (Lipinski definition) is 5. The predicted molar refractivity (Wildman–Crippen MR) is 89.5 cm³/mol. The number of phenols is 2. The summed E-state index contributed by atoms with van der Waals surface area (Å²) in [7, 11) is 1.17. The lowest BCUT2D eigenvalue weighted by atomic mass is 10.1. The molecule has 0 aliphatic carbocycles. The summed E-state index contributed by atoms with van der Waals surface area (Å²) in [5.41, 5.74) is 0.174. The van der Waals surface area contributed by atoms with Crippen molar-refractivity contribution < 1.29 is 28.9 Å². The van der Waals surface area contributed by atoms with Gasteiger partial charge in [-0.2, -0.15) is 0 Å². The Labute approximate surface area is 148 Å². The molecule has 0 aliphatic rings. The summed E-state index contributed by atoms with van der Waals surface area (Å²) in [6.07, 6.45) is 0. The van der Waals surface area contributed by atoms with Crippen molar-refractivity contribution in [2.45, 2.75) is 13.0 Å². The third-order valence-corrected chi connectivity index (χ3v) is 3.84. The maximum Gasteiger partial charge on any atom is 0.328 e. The smallest absolute Gasteiger partial charge is 0.328 e. The fraction of sp³-hybridized carbons (Fsp3) is 0.176. The molecule has 1 unspecified atom stereocenters. The molecule has 25 heavy (non-hydrogen) atoms. The van der Waals surface area contributed by atoms with Gasteiger partial charge < -0.3 is 14.9 Å². The van der Waals surface area contributed by atoms with E-state index in [4.69, 9.17) is 11.6 Å². The molecular weight excluding hydrogens is 353 g/mol. The van der Waals surface area contributed by atoms with Crippen LogP contribution in [-0.4, -0.2) is 35.2 Å². The number of hydrogen-bond donors (Lipinski definition) is 2. The van der Waals surface area contributed by atoms with Crippen LogP contribution in [0.25, 0.3) is 0 Å². The van der Waals surface area contributed by atoms with E-state index in [-0.39, 0.29) is 16.3 Å². The van der Waals surface area contributed by atoms with Gasteiger partial charge in [-0.3, -0.25) is 9.69 Å². The van der Waals surface area contributed by atoms with E-state index in [0.29, 0.717) is 0 Å². The SMILES string of the molecule is COC(=O)C(C)N(C(=O)c1ccc(O)c(O)c1)c1ccc(F)c(Cl)c1. The molecule has 0 fully saturated rings. The fourth-order valence-electron chi connectivity index (χ4n) is 2.22. The van der Waals surface area contributed by atoms with Gasteiger partial charge in [0.05, 0.1) is 12.1 Å². The average molecular weight is 368 g/mol. The van der Waals surface area contributed by atoms with Crippen molar-refractivity contribution in [3.63, 3.8) is 0 Å². The maximum atomic E-state index is 13.4. The topological polar surface area (TPSA) is 87.1 Å². The van der Waals surface area contributed by atoms with E-state index in [1.54, 1.807) is 0 Å². The highest BCUT2D eigenvalue weighted by Gasteiger charge is 2.30. The van der Waals surface area contributed by atoms with Crippen molar-refractivity contribution in [3.8, 4) is 11.5 Å². The lowest BCUT2D eigenvalue weighted by molar-refractivity contribution is -0.141. The molecule has 1 amide bonds. The summed E-state index contributed by atoms with van der Waals surface area (Å²) in [6, 6.07) is 5.99. The standard InChI is InChI=1S/C17H15ClFNO5/c1-9(17(24)25-2)20(11-4-5-13(19)12(18)8-11)16(23)10-3-6-14(21)15(22)7-10/h3-9,21-22H,1-2H3. The summed E-state index contributed by atoms with van der Waals surface area (Å²) in [5, 5.41) is 18.7. The van der Waals surface area contributed by atoms with Crippen LogP contribution >= 0.6 is 11.6 Å². The lowest BCUT2D eigenvalue weighted by Gasteiger charge is -2.28. The number of ether oxygens (including phenoxy) is 1. The minimum absolute atomic E-state index is 0.00602. The zero-order valence-corrected chi connectivity index (χ0v) is 14.1. The number of anilines is 1. The Morgan fingerprint density at radius 1 is 1.16 bits per heavy atom. The maximum absolute atomic E-state index is 13.4. The van der Waals surface area contributed by atoms with Gasteiger partial charge in [0, 0.05) is 11.3 Å². The van der Waals surface area contributed by atoms with Crippen LogP contribution < -0.4 is 4.90 Å². The molecule has 0 heterocycles. The zero-order valence-electron chi connectivity index (χ0n) is 13.4. The number of halogens is 2. The highest BCUT2D eigenvalue weighted by Crippen LogP contribution is 2.29.